The lowest BCUT2D eigenvalue weighted by atomic mass is 9.84. The fourth-order valence-electron chi connectivity index (χ4n) is 3.11. The summed E-state index contributed by atoms with van der Waals surface area (Å²) in [4.78, 5) is 14.2. The molecule has 1 aliphatic carbocycles. The Labute approximate surface area is 121 Å². The number of aromatic hydroxyl groups is 1. The third-order valence-electron chi connectivity index (χ3n) is 4.60. The van der Waals surface area contributed by atoms with Gasteiger partial charge in [0.1, 0.15) is 5.75 Å². The molecule has 2 rings (SSSR count). The molecule has 0 aromatic heterocycles. The van der Waals surface area contributed by atoms with Crippen LogP contribution in [0, 0.1) is 5.92 Å². The quantitative estimate of drug-likeness (QED) is 0.915. The van der Waals surface area contributed by atoms with E-state index in [0.29, 0.717) is 12.5 Å². The molecule has 1 aromatic carbocycles. The summed E-state index contributed by atoms with van der Waals surface area (Å²) in [5.41, 5.74) is 0.879. The van der Waals surface area contributed by atoms with E-state index in [1.165, 1.54) is 19.3 Å². The minimum Gasteiger partial charge on any atom is -0.508 e. The Kier molecular flexibility index (Phi) is 5.05. The Morgan fingerprint density at radius 3 is 2.60 bits per heavy atom. The van der Waals surface area contributed by atoms with Crippen molar-refractivity contribution in [2.24, 2.45) is 5.92 Å². The average Bonchev–Trinajstić information content (AvgIpc) is 2.46. The van der Waals surface area contributed by atoms with E-state index < -0.39 is 0 Å². The number of carbonyl (C=O) groups is 1. The first-order chi connectivity index (χ1) is 9.60. The molecular weight excluding hydrogens is 250 g/mol. The zero-order valence-electron chi connectivity index (χ0n) is 12.5. The van der Waals surface area contributed by atoms with Crippen LogP contribution in [-0.2, 0) is 11.2 Å². The Morgan fingerprint density at radius 2 is 2.00 bits per heavy atom. The van der Waals surface area contributed by atoms with Gasteiger partial charge in [0, 0.05) is 13.1 Å². The first kappa shape index (κ1) is 14.9. The van der Waals surface area contributed by atoms with Gasteiger partial charge < -0.3 is 10.0 Å². The van der Waals surface area contributed by atoms with Crippen molar-refractivity contribution in [3.63, 3.8) is 0 Å². The van der Waals surface area contributed by atoms with Crippen molar-refractivity contribution in [2.45, 2.75) is 51.5 Å². The lowest BCUT2D eigenvalue weighted by molar-refractivity contribution is -0.132. The molecule has 0 saturated heterocycles. The second kappa shape index (κ2) is 6.78. The predicted molar refractivity (Wildman–Crippen MR) is 80.6 cm³/mol. The van der Waals surface area contributed by atoms with Gasteiger partial charge in [-0.2, -0.15) is 0 Å². The molecule has 0 heterocycles. The van der Waals surface area contributed by atoms with Crippen molar-refractivity contribution in [1.82, 2.24) is 4.90 Å². The minimum absolute atomic E-state index is 0.149. The van der Waals surface area contributed by atoms with E-state index >= 15 is 0 Å². The molecule has 0 unspecified atom stereocenters. The second-order valence-electron chi connectivity index (χ2n) is 5.93. The second-order valence-corrected chi connectivity index (χ2v) is 5.93. The number of carbonyl (C=O) groups excluding carboxylic acids is 1. The minimum atomic E-state index is 0.149. The Bertz CT molecular complexity index is 450. The first-order valence-corrected chi connectivity index (χ1v) is 7.63. The Hall–Kier alpha value is -1.51. The molecule has 110 valence electrons. The number of phenolic OH excluding ortho intramolecular Hbond substituents is 1. The molecule has 0 aliphatic heterocycles. The largest absolute Gasteiger partial charge is 0.508 e. The summed E-state index contributed by atoms with van der Waals surface area (Å²) >= 11 is 0. The summed E-state index contributed by atoms with van der Waals surface area (Å²) in [6.45, 7) is 2.25. The van der Waals surface area contributed by atoms with Crippen molar-refractivity contribution in [1.29, 1.82) is 0 Å². The van der Waals surface area contributed by atoms with Crippen LogP contribution >= 0.6 is 0 Å². The molecule has 1 saturated carbocycles. The number of amides is 1. The number of rotatable bonds is 4. The van der Waals surface area contributed by atoms with Gasteiger partial charge in [0.05, 0.1) is 6.42 Å². The number of nitrogens with zero attached hydrogens (tertiary/aromatic N) is 1. The van der Waals surface area contributed by atoms with Crippen molar-refractivity contribution < 1.29 is 9.90 Å². The van der Waals surface area contributed by atoms with Gasteiger partial charge in [-0.3, -0.25) is 4.79 Å². The summed E-state index contributed by atoms with van der Waals surface area (Å²) in [6.07, 6.45) is 6.36. The molecular formula is C17H25NO2. The van der Waals surface area contributed by atoms with Gasteiger partial charge in [0.2, 0.25) is 5.91 Å². The number of benzene rings is 1. The van der Waals surface area contributed by atoms with E-state index in [9.17, 15) is 9.90 Å². The monoisotopic (exact) mass is 275 g/mol. The summed E-state index contributed by atoms with van der Waals surface area (Å²) in [7, 11) is 1.92. The van der Waals surface area contributed by atoms with Gasteiger partial charge in [-0.25, -0.2) is 0 Å². The molecule has 0 atom stereocenters. The highest BCUT2D eigenvalue weighted by molar-refractivity contribution is 5.79. The van der Waals surface area contributed by atoms with Gasteiger partial charge >= 0.3 is 0 Å². The molecule has 1 aliphatic rings. The van der Waals surface area contributed by atoms with E-state index in [2.05, 4.69) is 6.92 Å². The van der Waals surface area contributed by atoms with Crippen LogP contribution in [0.2, 0.25) is 0 Å². The molecule has 3 nitrogen and oxygen atoms in total. The normalized spacial score (nSPS) is 22.5. The van der Waals surface area contributed by atoms with Crippen molar-refractivity contribution in [3.8, 4) is 5.75 Å². The van der Waals surface area contributed by atoms with Crippen molar-refractivity contribution >= 4 is 5.91 Å². The predicted octanol–water partition coefficient (Wildman–Crippen LogP) is 3.36. The molecule has 1 fully saturated rings. The number of likely N-dealkylation sites (N-methyl/N-ethyl adjacent to an activating group) is 1. The molecule has 3 heteroatoms. The van der Waals surface area contributed by atoms with Crippen molar-refractivity contribution in [3.05, 3.63) is 29.8 Å². The van der Waals surface area contributed by atoms with E-state index in [-0.39, 0.29) is 11.7 Å². The molecule has 1 amide bonds. The first-order valence-electron chi connectivity index (χ1n) is 7.63. The number of hydrogen-bond acceptors (Lipinski definition) is 2. The van der Waals surface area contributed by atoms with E-state index in [0.717, 1.165) is 24.3 Å². The van der Waals surface area contributed by atoms with Crippen LogP contribution < -0.4 is 0 Å². The maximum atomic E-state index is 12.3. The van der Waals surface area contributed by atoms with Crippen LogP contribution in [0.25, 0.3) is 0 Å². The van der Waals surface area contributed by atoms with Gasteiger partial charge in [0.15, 0.2) is 0 Å². The molecule has 0 spiro atoms. The van der Waals surface area contributed by atoms with Crippen LogP contribution in [-0.4, -0.2) is 29.0 Å². The van der Waals surface area contributed by atoms with Crippen molar-refractivity contribution in [2.75, 3.05) is 7.05 Å². The third kappa shape index (κ3) is 3.75. The Morgan fingerprint density at radius 1 is 1.30 bits per heavy atom. The lowest BCUT2D eigenvalue weighted by Crippen LogP contribution is -2.40. The number of hydrogen-bond donors (Lipinski definition) is 1. The molecule has 20 heavy (non-hydrogen) atoms. The van der Waals surface area contributed by atoms with E-state index in [4.69, 9.17) is 0 Å². The topological polar surface area (TPSA) is 40.5 Å². The van der Waals surface area contributed by atoms with Gasteiger partial charge in [-0.15, -0.1) is 0 Å². The molecule has 0 bridgehead atoms. The maximum Gasteiger partial charge on any atom is 0.226 e. The standard InChI is InChI=1S/C17H25NO2/c1-3-13-7-9-15(10-8-13)18(2)17(20)12-14-5-4-6-16(19)11-14/h4-6,11,13,15,19H,3,7-10,12H2,1-2H3. The smallest absolute Gasteiger partial charge is 0.226 e. The average molecular weight is 275 g/mol. The highest BCUT2D eigenvalue weighted by Gasteiger charge is 2.25. The van der Waals surface area contributed by atoms with Gasteiger partial charge in [0.25, 0.3) is 0 Å². The highest BCUT2D eigenvalue weighted by Crippen LogP contribution is 2.29. The SMILES string of the molecule is CCC1CCC(N(C)C(=O)Cc2cccc(O)c2)CC1. The zero-order valence-corrected chi connectivity index (χ0v) is 12.5. The lowest BCUT2D eigenvalue weighted by Gasteiger charge is -2.34. The Balaban J connectivity index is 1.89. The summed E-state index contributed by atoms with van der Waals surface area (Å²) in [5.74, 6) is 1.22. The summed E-state index contributed by atoms with van der Waals surface area (Å²) in [6, 6.07) is 7.36. The van der Waals surface area contributed by atoms with Gasteiger partial charge in [-0.05, 0) is 49.3 Å². The van der Waals surface area contributed by atoms with Crippen LogP contribution in [0.3, 0.4) is 0 Å². The van der Waals surface area contributed by atoms with E-state index in [1.54, 1.807) is 18.2 Å². The number of phenols is 1. The highest BCUT2D eigenvalue weighted by atomic mass is 16.3. The van der Waals surface area contributed by atoms with Crippen LogP contribution in [0.1, 0.15) is 44.6 Å². The molecule has 1 aromatic rings. The zero-order chi connectivity index (χ0) is 14.5. The molecule has 1 N–H and O–H groups in total. The fourth-order valence-corrected chi connectivity index (χ4v) is 3.11. The van der Waals surface area contributed by atoms with E-state index in [1.807, 2.05) is 18.0 Å². The van der Waals surface area contributed by atoms with Crippen LogP contribution in [0.4, 0.5) is 0 Å². The maximum absolute atomic E-state index is 12.3. The van der Waals surface area contributed by atoms with Crippen LogP contribution in [0.15, 0.2) is 24.3 Å². The molecule has 0 radical (unpaired) electrons. The summed E-state index contributed by atoms with van der Waals surface area (Å²) < 4.78 is 0. The van der Waals surface area contributed by atoms with Crippen LogP contribution in [0.5, 0.6) is 5.75 Å². The summed E-state index contributed by atoms with van der Waals surface area (Å²) in [5, 5.41) is 9.44. The fraction of sp³-hybridized carbons (Fsp3) is 0.588. The van der Waals surface area contributed by atoms with Gasteiger partial charge in [-0.1, -0.05) is 25.5 Å². The third-order valence-corrected chi connectivity index (χ3v) is 4.60.